The van der Waals surface area contributed by atoms with Crippen LogP contribution in [0.25, 0.3) is 0 Å². The molecule has 1 rings (SSSR count). The maximum absolute atomic E-state index is 6.09. The fourth-order valence-electron chi connectivity index (χ4n) is 2.42. The first kappa shape index (κ1) is 14.3. The van der Waals surface area contributed by atoms with Crippen LogP contribution in [0.2, 0.25) is 19.1 Å². The molecule has 0 saturated heterocycles. The normalized spacial score (nSPS) is 11.7. The number of nitrogen functional groups attached to an aromatic ring is 1. The Morgan fingerprint density at radius 2 is 1.65 bits per heavy atom. The molecule has 0 spiro atoms. The van der Waals surface area contributed by atoms with Crippen molar-refractivity contribution in [2.45, 2.75) is 58.2 Å². The lowest BCUT2D eigenvalue weighted by Crippen LogP contribution is -2.42. The van der Waals surface area contributed by atoms with E-state index in [1.165, 1.54) is 43.3 Å². The first-order valence-corrected chi connectivity index (χ1v) is 10.1. The highest BCUT2D eigenvalue weighted by molar-refractivity contribution is 6.90. The van der Waals surface area contributed by atoms with E-state index in [-0.39, 0.29) is 0 Å². The van der Waals surface area contributed by atoms with Crippen molar-refractivity contribution in [1.82, 2.24) is 0 Å². The molecule has 96 valence electrons. The maximum Gasteiger partial charge on any atom is 0.0833 e. The van der Waals surface area contributed by atoms with Gasteiger partial charge >= 0.3 is 0 Å². The van der Waals surface area contributed by atoms with Crippen molar-refractivity contribution in [3.8, 4) is 0 Å². The largest absolute Gasteiger partial charge is 0.399 e. The standard InChI is InChI=1S/C15H27NSi/c1-4-5-6-7-10-13-17(2,3)15-12-9-8-11-14(15)16/h8-9,11-12H,4-7,10,13,16H2,1-3H3. The molecule has 2 heteroatoms. The number of anilines is 1. The van der Waals surface area contributed by atoms with Crippen LogP contribution in [0.4, 0.5) is 5.69 Å². The summed E-state index contributed by atoms with van der Waals surface area (Å²) in [7, 11) is -1.31. The van der Waals surface area contributed by atoms with Gasteiger partial charge in [0.05, 0.1) is 8.07 Å². The lowest BCUT2D eigenvalue weighted by Gasteiger charge is -2.24. The summed E-state index contributed by atoms with van der Waals surface area (Å²) in [5, 5.41) is 1.44. The second-order valence-corrected chi connectivity index (χ2v) is 10.4. The molecule has 0 aliphatic heterocycles. The Kier molecular flexibility index (Phi) is 5.76. The number of hydrogen-bond acceptors (Lipinski definition) is 1. The molecule has 0 saturated carbocycles. The first-order valence-electron chi connectivity index (χ1n) is 6.93. The summed E-state index contributed by atoms with van der Waals surface area (Å²) in [4.78, 5) is 0. The Hall–Kier alpha value is -0.763. The molecule has 0 amide bonds. The van der Waals surface area contributed by atoms with Crippen molar-refractivity contribution >= 4 is 18.9 Å². The highest BCUT2D eigenvalue weighted by Gasteiger charge is 2.24. The molecule has 1 nitrogen and oxygen atoms in total. The molecule has 0 aliphatic rings. The summed E-state index contributed by atoms with van der Waals surface area (Å²) in [6.45, 7) is 7.15. The van der Waals surface area contributed by atoms with Gasteiger partial charge in [-0.1, -0.05) is 76.4 Å². The van der Waals surface area contributed by atoms with E-state index < -0.39 is 8.07 Å². The van der Waals surface area contributed by atoms with Crippen LogP contribution < -0.4 is 10.9 Å². The molecule has 0 bridgehead atoms. The molecule has 0 heterocycles. The Morgan fingerprint density at radius 1 is 1.00 bits per heavy atom. The van der Waals surface area contributed by atoms with E-state index in [0.717, 1.165) is 5.69 Å². The maximum atomic E-state index is 6.09. The van der Waals surface area contributed by atoms with E-state index in [2.05, 4.69) is 32.2 Å². The molecule has 0 fully saturated rings. The molecule has 17 heavy (non-hydrogen) atoms. The Morgan fingerprint density at radius 3 is 2.29 bits per heavy atom. The van der Waals surface area contributed by atoms with E-state index in [4.69, 9.17) is 5.73 Å². The van der Waals surface area contributed by atoms with Crippen LogP contribution in [0.15, 0.2) is 24.3 Å². The van der Waals surface area contributed by atoms with Crippen molar-refractivity contribution in [3.63, 3.8) is 0 Å². The zero-order valence-electron chi connectivity index (χ0n) is 11.6. The van der Waals surface area contributed by atoms with Crippen molar-refractivity contribution in [1.29, 1.82) is 0 Å². The van der Waals surface area contributed by atoms with Gasteiger partial charge in [0.1, 0.15) is 0 Å². The van der Waals surface area contributed by atoms with Crippen molar-refractivity contribution < 1.29 is 0 Å². The third-order valence-electron chi connectivity index (χ3n) is 3.60. The predicted octanol–water partition coefficient (Wildman–Crippen LogP) is 4.15. The summed E-state index contributed by atoms with van der Waals surface area (Å²) in [6.07, 6.45) is 6.86. The number of rotatable bonds is 7. The summed E-state index contributed by atoms with van der Waals surface area (Å²) in [6, 6.07) is 9.79. The average Bonchev–Trinajstić information content (AvgIpc) is 2.29. The minimum Gasteiger partial charge on any atom is -0.399 e. The van der Waals surface area contributed by atoms with Gasteiger partial charge in [-0.2, -0.15) is 0 Å². The Labute approximate surface area is 107 Å². The highest BCUT2D eigenvalue weighted by atomic mass is 28.3. The van der Waals surface area contributed by atoms with Gasteiger partial charge in [-0.05, 0) is 11.3 Å². The third kappa shape index (κ3) is 4.54. The van der Waals surface area contributed by atoms with E-state index in [9.17, 15) is 0 Å². The van der Waals surface area contributed by atoms with E-state index in [0.29, 0.717) is 0 Å². The molecule has 2 N–H and O–H groups in total. The number of hydrogen-bond donors (Lipinski definition) is 1. The van der Waals surface area contributed by atoms with Gasteiger partial charge in [-0.25, -0.2) is 0 Å². The summed E-state index contributed by atoms with van der Waals surface area (Å²) in [5.41, 5.74) is 7.09. The molecule has 1 aromatic rings. The van der Waals surface area contributed by atoms with Crippen molar-refractivity contribution in [2.24, 2.45) is 0 Å². The summed E-state index contributed by atoms with van der Waals surface area (Å²) in [5.74, 6) is 0. The van der Waals surface area contributed by atoms with E-state index in [1.54, 1.807) is 0 Å². The van der Waals surface area contributed by atoms with Gasteiger partial charge in [0.2, 0.25) is 0 Å². The number of nitrogens with two attached hydrogens (primary N) is 1. The minimum atomic E-state index is -1.31. The summed E-state index contributed by atoms with van der Waals surface area (Å²) >= 11 is 0. The van der Waals surface area contributed by atoms with Gasteiger partial charge in [-0.15, -0.1) is 0 Å². The smallest absolute Gasteiger partial charge is 0.0833 e. The van der Waals surface area contributed by atoms with Gasteiger partial charge < -0.3 is 5.73 Å². The van der Waals surface area contributed by atoms with E-state index >= 15 is 0 Å². The fourth-order valence-corrected chi connectivity index (χ4v) is 5.23. The van der Waals surface area contributed by atoms with Gasteiger partial charge in [0, 0.05) is 5.69 Å². The number of para-hydroxylation sites is 1. The second-order valence-electron chi connectivity index (χ2n) is 5.64. The van der Waals surface area contributed by atoms with Crippen molar-refractivity contribution in [2.75, 3.05) is 5.73 Å². The second kappa shape index (κ2) is 6.85. The fraction of sp³-hybridized carbons (Fsp3) is 0.600. The number of benzene rings is 1. The average molecular weight is 249 g/mol. The monoisotopic (exact) mass is 249 g/mol. The predicted molar refractivity (Wildman–Crippen MR) is 81.5 cm³/mol. The molecule has 0 aliphatic carbocycles. The van der Waals surface area contributed by atoms with Gasteiger partial charge in [0.25, 0.3) is 0 Å². The molecule has 0 aromatic heterocycles. The molecule has 0 radical (unpaired) electrons. The Balaban J connectivity index is 2.48. The minimum absolute atomic E-state index is 0.998. The van der Waals surface area contributed by atoms with Crippen LogP contribution >= 0.6 is 0 Å². The lowest BCUT2D eigenvalue weighted by atomic mass is 10.2. The molecule has 0 unspecified atom stereocenters. The molecular formula is C15H27NSi. The van der Waals surface area contributed by atoms with E-state index in [1.807, 2.05) is 12.1 Å². The van der Waals surface area contributed by atoms with Crippen LogP contribution in [0.5, 0.6) is 0 Å². The molecular weight excluding hydrogens is 222 g/mol. The SMILES string of the molecule is CCCCCCC[Si](C)(C)c1ccccc1N. The quantitative estimate of drug-likeness (QED) is 0.438. The lowest BCUT2D eigenvalue weighted by molar-refractivity contribution is 0.653. The van der Waals surface area contributed by atoms with Gasteiger partial charge in [0.15, 0.2) is 0 Å². The van der Waals surface area contributed by atoms with Crippen LogP contribution in [0.3, 0.4) is 0 Å². The number of unbranched alkanes of at least 4 members (excludes halogenated alkanes) is 4. The molecule has 0 atom stereocenters. The topological polar surface area (TPSA) is 26.0 Å². The van der Waals surface area contributed by atoms with Crippen molar-refractivity contribution in [3.05, 3.63) is 24.3 Å². The zero-order valence-corrected chi connectivity index (χ0v) is 12.6. The molecule has 1 aromatic carbocycles. The third-order valence-corrected chi connectivity index (χ3v) is 7.11. The van der Waals surface area contributed by atoms with Crippen LogP contribution in [-0.4, -0.2) is 8.07 Å². The Bertz CT molecular complexity index is 333. The highest BCUT2D eigenvalue weighted by Crippen LogP contribution is 2.18. The van der Waals surface area contributed by atoms with Crippen LogP contribution in [0.1, 0.15) is 39.0 Å². The first-order chi connectivity index (χ1) is 8.08. The van der Waals surface area contributed by atoms with Crippen LogP contribution in [-0.2, 0) is 0 Å². The van der Waals surface area contributed by atoms with Crippen LogP contribution in [0, 0.1) is 0 Å². The zero-order chi connectivity index (χ0) is 12.7. The van der Waals surface area contributed by atoms with Gasteiger partial charge in [-0.3, -0.25) is 0 Å². The summed E-state index contributed by atoms with van der Waals surface area (Å²) < 4.78 is 0.